The standard InChI is InChI=1S/C13H12N2O5/c1-18-12(16)8-19-10-4-2-3-9(7-10)14-13(17)11-5-6-20-15-11/h2-7H,8H2,1H3,(H,14,17). The zero-order valence-corrected chi connectivity index (χ0v) is 10.7. The van der Waals surface area contributed by atoms with E-state index in [2.05, 4.69) is 19.7 Å². The van der Waals surface area contributed by atoms with E-state index >= 15 is 0 Å². The lowest BCUT2D eigenvalue weighted by Gasteiger charge is -2.07. The van der Waals surface area contributed by atoms with Crippen molar-refractivity contribution in [3.63, 3.8) is 0 Å². The van der Waals surface area contributed by atoms with Gasteiger partial charge in [-0.15, -0.1) is 0 Å². The number of nitrogens with zero attached hydrogens (tertiary/aromatic N) is 1. The average molecular weight is 276 g/mol. The van der Waals surface area contributed by atoms with E-state index in [9.17, 15) is 9.59 Å². The van der Waals surface area contributed by atoms with Crippen LogP contribution in [0.15, 0.2) is 41.1 Å². The molecule has 2 aromatic rings. The Labute approximate surface area is 114 Å². The monoisotopic (exact) mass is 276 g/mol. The highest BCUT2D eigenvalue weighted by Gasteiger charge is 2.09. The first-order valence-electron chi connectivity index (χ1n) is 5.70. The Morgan fingerprint density at radius 2 is 2.20 bits per heavy atom. The highest BCUT2D eigenvalue weighted by Crippen LogP contribution is 2.18. The van der Waals surface area contributed by atoms with E-state index in [-0.39, 0.29) is 12.3 Å². The third-order valence-electron chi connectivity index (χ3n) is 2.35. The molecule has 7 nitrogen and oxygen atoms in total. The molecule has 0 radical (unpaired) electrons. The molecule has 0 saturated heterocycles. The minimum Gasteiger partial charge on any atom is -0.482 e. The van der Waals surface area contributed by atoms with Gasteiger partial charge in [-0.1, -0.05) is 11.2 Å². The average Bonchev–Trinajstić information content (AvgIpc) is 2.99. The number of ether oxygens (including phenoxy) is 2. The van der Waals surface area contributed by atoms with Crippen molar-refractivity contribution in [2.45, 2.75) is 0 Å². The van der Waals surface area contributed by atoms with Crippen molar-refractivity contribution in [2.75, 3.05) is 19.0 Å². The molecule has 0 fully saturated rings. The van der Waals surface area contributed by atoms with Crippen LogP contribution in [0.25, 0.3) is 0 Å². The number of nitrogens with one attached hydrogen (secondary N) is 1. The van der Waals surface area contributed by atoms with Gasteiger partial charge in [0.2, 0.25) is 0 Å². The molecule has 1 aromatic carbocycles. The molecule has 0 unspecified atom stereocenters. The molecule has 1 aromatic heterocycles. The number of benzene rings is 1. The van der Waals surface area contributed by atoms with E-state index in [0.717, 1.165) is 0 Å². The molecule has 1 heterocycles. The van der Waals surface area contributed by atoms with E-state index in [0.29, 0.717) is 11.4 Å². The number of anilines is 1. The molecule has 1 N–H and O–H groups in total. The Hall–Kier alpha value is -2.83. The fourth-order valence-electron chi connectivity index (χ4n) is 1.39. The van der Waals surface area contributed by atoms with Gasteiger partial charge in [0.1, 0.15) is 12.0 Å². The van der Waals surface area contributed by atoms with Crippen LogP contribution in [0.5, 0.6) is 5.75 Å². The lowest BCUT2D eigenvalue weighted by Crippen LogP contribution is -2.14. The Morgan fingerprint density at radius 3 is 2.90 bits per heavy atom. The molecule has 2 rings (SSSR count). The highest BCUT2D eigenvalue weighted by atomic mass is 16.6. The van der Waals surface area contributed by atoms with Gasteiger partial charge in [0.25, 0.3) is 5.91 Å². The maximum Gasteiger partial charge on any atom is 0.343 e. The maximum atomic E-state index is 11.8. The maximum absolute atomic E-state index is 11.8. The van der Waals surface area contributed by atoms with Crippen LogP contribution < -0.4 is 10.1 Å². The summed E-state index contributed by atoms with van der Waals surface area (Å²) in [6, 6.07) is 8.07. The molecule has 20 heavy (non-hydrogen) atoms. The quantitative estimate of drug-likeness (QED) is 0.832. The lowest BCUT2D eigenvalue weighted by molar-refractivity contribution is -0.142. The van der Waals surface area contributed by atoms with Crippen LogP contribution in [0.1, 0.15) is 10.5 Å². The fraction of sp³-hybridized carbons (Fsp3) is 0.154. The molecule has 0 aliphatic heterocycles. The normalized spacial score (nSPS) is 9.85. The second-order valence-electron chi connectivity index (χ2n) is 3.73. The Kier molecular flexibility index (Phi) is 4.33. The number of hydrogen-bond acceptors (Lipinski definition) is 6. The summed E-state index contributed by atoms with van der Waals surface area (Å²) >= 11 is 0. The second kappa shape index (κ2) is 6.37. The first kappa shape index (κ1) is 13.6. The third kappa shape index (κ3) is 3.58. The Morgan fingerprint density at radius 1 is 1.35 bits per heavy atom. The van der Waals surface area contributed by atoms with Crippen LogP contribution in [0.3, 0.4) is 0 Å². The molecule has 0 aliphatic carbocycles. The van der Waals surface area contributed by atoms with Crippen LogP contribution >= 0.6 is 0 Å². The zero-order valence-electron chi connectivity index (χ0n) is 10.7. The van der Waals surface area contributed by atoms with Gasteiger partial charge < -0.3 is 19.3 Å². The summed E-state index contributed by atoms with van der Waals surface area (Å²) < 4.78 is 14.3. The molecular weight excluding hydrogens is 264 g/mol. The van der Waals surface area contributed by atoms with Crippen molar-refractivity contribution in [1.82, 2.24) is 5.16 Å². The number of carbonyl (C=O) groups excluding carboxylic acids is 2. The van der Waals surface area contributed by atoms with Gasteiger partial charge in [0.15, 0.2) is 12.3 Å². The zero-order chi connectivity index (χ0) is 14.4. The predicted octanol–water partition coefficient (Wildman–Crippen LogP) is 1.48. The Bertz CT molecular complexity index is 595. The number of esters is 1. The topological polar surface area (TPSA) is 90.7 Å². The van der Waals surface area contributed by atoms with Crippen LogP contribution in [-0.4, -0.2) is 30.7 Å². The van der Waals surface area contributed by atoms with Gasteiger partial charge in [-0.05, 0) is 12.1 Å². The molecule has 7 heteroatoms. The molecule has 0 atom stereocenters. The van der Waals surface area contributed by atoms with Crippen LogP contribution in [0.2, 0.25) is 0 Å². The number of hydrogen-bond donors (Lipinski definition) is 1. The van der Waals surface area contributed by atoms with Gasteiger partial charge in [-0.2, -0.15) is 0 Å². The molecular formula is C13H12N2O5. The number of carbonyl (C=O) groups is 2. The molecule has 104 valence electrons. The van der Waals surface area contributed by atoms with E-state index in [1.807, 2.05) is 0 Å². The molecule has 0 spiro atoms. The van der Waals surface area contributed by atoms with Gasteiger partial charge in [0, 0.05) is 17.8 Å². The number of methoxy groups -OCH3 is 1. The second-order valence-corrected chi connectivity index (χ2v) is 3.73. The van der Waals surface area contributed by atoms with Crippen molar-refractivity contribution >= 4 is 17.6 Å². The van der Waals surface area contributed by atoms with Crippen LogP contribution in [0, 0.1) is 0 Å². The van der Waals surface area contributed by atoms with Crippen molar-refractivity contribution in [2.24, 2.45) is 0 Å². The molecule has 1 amide bonds. The molecule has 0 saturated carbocycles. The SMILES string of the molecule is COC(=O)COc1cccc(NC(=O)c2ccon2)c1. The minimum atomic E-state index is -0.484. The summed E-state index contributed by atoms with van der Waals surface area (Å²) in [6.07, 6.45) is 1.31. The van der Waals surface area contributed by atoms with E-state index in [1.165, 1.54) is 19.4 Å². The summed E-state index contributed by atoms with van der Waals surface area (Å²) in [5.41, 5.74) is 0.686. The highest BCUT2D eigenvalue weighted by molar-refractivity contribution is 6.02. The van der Waals surface area contributed by atoms with Crippen LogP contribution in [-0.2, 0) is 9.53 Å². The molecule has 0 aliphatic rings. The van der Waals surface area contributed by atoms with Gasteiger partial charge in [-0.25, -0.2) is 4.79 Å². The summed E-state index contributed by atoms with van der Waals surface area (Å²) in [5.74, 6) is -0.445. The van der Waals surface area contributed by atoms with Crippen molar-refractivity contribution in [1.29, 1.82) is 0 Å². The van der Waals surface area contributed by atoms with Crippen LogP contribution in [0.4, 0.5) is 5.69 Å². The summed E-state index contributed by atoms with van der Waals surface area (Å²) in [6.45, 7) is -0.197. The first-order valence-corrected chi connectivity index (χ1v) is 5.70. The largest absolute Gasteiger partial charge is 0.482 e. The number of amides is 1. The first-order chi connectivity index (χ1) is 9.69. The lowest BCUT2D eigenvalue weighted by atomic mass is 10.3. The summed E-state index contributed by atoms with van der Waals surface area (Å²) in [5, 5.41) is 6.15. The van der Waals surface area contributed by atoms with Gasteiger partial charge >= 0.3 is 5.97 Å². The van der Waals surface area contributed by atoms with Crippen molar-refractivity contribution in [3.05, 3.63) is 42.3 Å². The van der Waals surface area contributed by atoms with Gasteiger partial charge in [0.05, 0.1) is 7.11 Å². The van der Waals surface area contributed by atoms with Gasteiger partial charge in [-0.3, -0.25) is 4.79 Å². The number of aromatic nitrogens is 1. The predicted molar refractivity (Wildman–Crippen MR) is 68.4 cm³/mol. The van der Waals surface area contributed by atoms with E-state index in [4.69, 9.17) is 4.74 Å². The molecule has 0 bridgehead atoms. The van der Waals surface area contributed by atoms with Crippen molar-refractivity contribution in [3.8, 4) is 5.75 Å². The smallest absolute Gasteiger partial charge is 0.343 e. The summed E-state index contributed by atoms with van der Waals surface area (Å²) in [7, 11) is 1.28. The summed E-state index contributed by atoms with van der Waals surface area (Å²) in [4.78, 5) is 22.7. The Balaban J connectivity index is 1.99. The fourth-order valence-corrected chi connectivity index (χ4v) is 1.39. The van der Waals surface area contributed by atoms with E-state index in [1.54, 1.807) is 24.3 Å². The number of rotatable bonds is 5. The van der Waals surface area contributed by atoms with E-state index < -0.39 is 11.9 Å². The van der Waals surface area contributed by atoms with Crippen molar-refractivity contribution < 1.29 is 23.6 Å². The third-order valence-corrected chi connectivity index (χ3v) is 2.35. The minimum absolute atomic E-state index is 0.172.